The standard InChI is InChI=1S/C18H20F2N2O2.ClH/c1-18(21,14-6-4-3-5-7-14)16(23)22(2)12-13-8-10-15(11-9-13)24-17(19)20;/h3-11,17H,12,21H2,1-2H3;1H. The topological polar surface area (TPSA) is 55.6 Å². The lowest BCUT2D eigenvalue weighted by Gasteiger charge is -2.29. The van der Waals surface area contributed by atoms with Gasteiger partial charge in [-0.1, -0.05) is 42.5 Å². The highest BCUT2D eigenvalue weighted by Gasteiger charge is 2.32. The maximum Gasteiger partial charge on any atom is 0.387 e. The maximum atomic E-state index is 12.7. The Bertz CT molecular complexity index is 679. The van der Waals surface area contributed by atoms with Gasteiger partial charge in [0.25, 0.3) is 0 Å². The van der Waals surface area contributed by atoms with E-state index in [1.54, 1.807) is 26.1 Å². The minimum Gasteiger partial charge on any atom is -0.435 e. The van der Waals surface area contributed by atoms with Crippen LogP contribution in [0, 0.1) is 0 Å². The molecule has 2 aromatic carbocycles. The van der Waals surface area contributed by atoms with Crippen molar-refractivity contribution in [1.82, 2.24) is 4.90 Å². The lowest BCUT2D eigenvalue weighted by Crippen LogP contribution is -2.49. The van der Waals surface area contributed by atoms with Crippen molar-refractivity contribution in [3.8, 4) is 5.75 Å². The summed E-state index contributed by atoms with van der Waals surface area (Å²) in [4.78, 5) is 14.2. The van der Waals surface area contributed by atoms with Crippen LogP contribution in [-0.2, 0) is 16.9 Å². The molecule has 0 saturated carbocycles. The molecule has 0 aromatic heterocycles. The van der Waals surface area contributed by atoms with E-state index in [2.05, 4.69) is 4.74 Å². The zero-order valence-corrected chi connectivity index (χ0v) is 14.8. The number of likely N-dealkylation sites (N-methyl/N-ethyl adjacent to an activating group) is 1. The first-order valence-corrected chi connectivity index (χ1v) is 7.44. The van der Waals surface area contributed by atoms with Gasteiger partial charge in [0, 0.05) is 13.6 Å². The lowest BCUT2D eigenvalue weighted by molar-refractivity contribution is -0.136. The Labute approximate surface area is 152 Å². The van der Waals surface area contributed by atoms with Crippen LogP contribution in [0.4, 0.5) is 8.78 Å². The number of ether oxygens (including phenoxy) is 1. The van der Waals surface area contributed by atoms with Gasteiger partial charge in [0.15, 0.2) is 0 Å². The first-order valence-electron chi connectivity index (χ1n) is 7.44. The summed E-state index contributed by atoms with van der Waals surface area (Å²) < 4.78 is 28.6. The number of carbonyl (C=O) groups excluding carboxylic acids is 1. The highest BCUT2D eigenvalue weighted by molar-refractivity contribution is 5.86. The molecule has 0 aliphatic carbocycles. The number of carbonyl (C=O) groups is 1. The molecule has 4 nitrogen and oxygen atoms in total. The van der Waals surface area contributed by atoms with Crippen LogP contribution in [0.1, 0.15) is 18.1 Å². The van der Waals surface area contributed by atoms with E-state index in [0.717, 1.165) is 11.1 Å². The van der Waals surface area contributed by atoms with Crippen molar-refractivity contribution in [1.29, 1.82) is 0 Å². The number of nitrogens with zero attached hydrogens (tertiary/aromatic N) is 1. The molecule has 136 valence electrons. The SMILES string of the molecule is CN(Cc1ccc(OC(F)F)cc1)C(=O)C(C)(N)c1ccccc1.Cl. The molecule has 2 aromatic rings. The van der Waals surface area contributed by atoms with E-state index in [-0.39, 0.29) is 24.1 Å². The summed E-state index contributed by atoms with van der Waals surface area (Å²) >= 11 is 0. The van der Waals surface area contributed by atoms with Crippen LogP contribution >= 0.6 is 12.4 Å². The number of nitrogens with two attached hydrogens (primary N) is 1. The quantitative estimate of drug-likeness (QED) is 0.846. The van der Waals surface area contributed by atoms with E-state index in [1.807, 2.05) is 30.3 Å². The van der Waals surface area contributed by atoms with Crippen molar-refractivity contribution in [2.45, 2.75) is 25.6 Å². The van der Waals surface area contributed by atoms with E-state index in [9.17, 15) is 13.6 Å². The third kappa shape index (κ3) is 5.41. The van der Waals surface area contributed by atoms with Gasteiger partial charge < -0.3 is 15.4 Å². The Kier molecular flexibility index (Phi) is 7.33. The zero-order valence-electron chi connectivity index (χ0n) is 14.0. The normalized spacial score (nSPS) is 12.9. The predicted octanol–water partition coefficient (Wildman–Crippen LogP) is 3.54. The second kappa shape index (κ2) is 8.78. The molecule has 0 aliphatic rings. The van der Waals surface area contributed by atoms with Gasteiger partial charge in [-0.05, 0) is 30.2 Å². The van der Waals surface area contributed by atoms with Crippen molar-refractivity contribution in [3.63, 3.8) is 0 Å². The van der Waals surface area contributed by atoms with E-state index in [4.69, 9.17) is 5.73 Å². The van der Waals surface area contributed by atoms with E-state index < -0.39 is 12.2 Å². The first kappa shape index (κ1) is 20.9. The molecule has 1 amide bonds. The Balaban J connectivity index is 0.00000312. The van der Waals surface area contributed by atoms with E-state index in [1.165, 1.54) is 17.0 Å². The van der Waals surface area contributed by atoms with E-state index >= 15 is 0 Å². The first-order chi connectivity index (χ1) is 11.3. The van der Waals surface area contributed by atoms with E-state index in [0.29, 0.717) is 6.54 Å². The number of benzene rings is 2. The van der Waals surface area contributed by atoms with Crippen molar-refractivity contribution >= 4 is 18.3 Å². The van der Waals surface area contributed by atoms with Crippen molar-refractivity contribution in [3.05, 3.63) is 65.7 Å². The molecule has 0 radical (unpaired) electrons. The summed E-state index contributed by atoms with van der Waals surface area (Å²) in [5.41, 5.74) is 6.59. The van der Waals surface area contributed by atoms with Crippen LogP contribution in [0.15, 0.2) is 54.6 Å². The second-order valence-electron chi connectivity index (χ2n) is 5.75. The van der Waals surface area contributed by atoms with Crippen LogP contribution < -0.4 is 10.5 Å². The molecule has 1 atom stereocenters. The Morgan fingerprint density at radius 1 is 1.16 bits per heavy atom. The smallest absolute Gasteiger partial charge is 0.387 e. The molecule has 1 unspecified atom stereocenters. The fourth-order valence-electron chi connectivity index (χ4n) is 2.43. The van der Waals surface area contributed by atoms with Crippen LogP contribution in [0.2, 0.25) is 0 Å². The maximum absolute atomic E-state index is 12.7. The van der Waals surface area contributed by atoms with Gasteiger partial charge in [-0.15, -0.1) is 12.4 Å². The van der Waals surface area contributed by atoms with Gasteiger partial charge in [0.05, 0.1) is 0 Å². The van der Waals surface area contributed by atoms with Crippen LogP contribution in [0.3, 0.4) is 0 Å². The highest BCUT2D eigenvalue weighted by atomic mass is 35.5. The molecule has 0 saturated heterocycles. The van der Waals surface area contributed by atoms with Gasteiger partial charge >= 0.3 is 6.61 Å². The summed E-state index contributed by atoms with van der Waals surface area (Å²) in [6.45, 7) is -0.877. The highest BCUT2D eigenvalue weighted by Crippen LogP contribution is 2.21. The molecule has 0 fully saturated rings. The summed E-state index contributed by atoms with van der Waals surface area (Å²) in [5, 5.41) is 0. The zero-order chi connectivity index (χ0) is 17.7. The molecule has 0 spiro atoms. The van der Waals surface area contributed by atoms with Crippen molar-refractivity contribution < 1.29 is 18.3 Å². The fraction of sp³-hybridized carbons (Fsp3) is 0.278. The molecule has 25 heavy (non-hydrogen) atoms. The minimum atomic E-state index is -2.86. The third-order valence-electron chi connectivity index (χ3n) is 3.73. The lowest BCUT2D eigenvalue weighted by atomic mass is 9.91. The molecular formula is C18H21ClF2N2O2. The number of hydrogen-bond donors (Lipinski definition) is 1. The molecule has 2 N–H and O–H groups in total. The summed E-state index contributed by atoms with van der Waals surface area (Å²) in [7, 11) is 1.65. The van der Waals surface area contributed by atoms with Gasteiger partial charge in [0.2, 0.25) is 5.91 Å². The fourth-order valence-corrected chi connectivity index (χ4v) is 2.43. The second-order valence-corrected chi connectivity index (χ2v) is 5.75. The number of hydrogen-bond acceptors (Lipinski definition) is 3. The van der Waals surface area contributed by atoms with Crippen LogP contribution in [0.25, 0.3) is 0 Å². The van der Waals surface area contributed by atoms with Gasteiger partial charge in [-0.3, -0.25) is 4.79 Å². The average molecular weight is 371 g/mol. The van der Waals surface area contributed by atoms with Crippen molar-refractivity contribution in [2.24, 2.45) is 5.73 Å². The van der Waals surface area contributed by atoms with Gasteiger partial charge in [-0.25, -0.2) is 0 Å². The average Bonchev–Trinajstić information content (AvgIpc) is 2.56. The number of alkyl halides is 2. The molecular weight excluding hydrogens is 350 g/mol. The van der Waals surface area contributed by atoms with Gasteiger partial charge in [-0.2, -0.15) is 8.78 Å². The van der Waals surface area contributed by atoms with Gasteiger partial charge in [0.1, 0.15) is 11.3 Å². The Hall–Kier alpha value is -2.18. The monoisotopic (exact) mass is 370 g/mol. The Morgan fingerprint density at radius 2 is 1.72 bits per heavy atom. The van der Waals surface area contributed by atoms with Crippen LogP contribution in [-0.4, -0.2) is 24.5 Å². The molecule has 0 heterocycles. The number of amides is 1. The molecule has 7 heteroatoms. The summed E-state index contributed by atoms with van der Waals surface area (Å²) in [6.07, 6.45) is 0. The Morgan fingerprint density at radius 3 is 2.24 bits per heavy atom. The van der Waals surface area contributed by atoms with Crippen LogP contribution in [0.5, 0.6) is 5.75 Å². The summed E-state index contributed by atoms with van der Waals surface area (Å²) in [5.74, 6) is -0.155. The molecule has 0 bridgehead atoms. The minimum absolute atomic E-state index is 0. The van der Waals surface area contributed by atoms with Crippen molar-refractivity contribution in [2.75, 3.05) is 7.05 Å². The molecule has 2 rings (SSSR count). The number of halogens is 3. The number of rotatable bonds is 6. The predicted molar refractivity (Wildman–Crippen MR) is 94.8 cm³/mol. The molecule has 0 aliphatic heterocycles. The largest absolute Gasteiger partial charge is 0.435 e. The summed E-state index contributed by atoms with van der Waals surface area (Å²) in [6, 6.07) is 15.3. The third-order valence-corrected chi connectivity index (χ3v) is 3.73.